The summed E-state index contributed by atoms with van der Waals surface area (Å²) in [4.78, 5) is 11.1. The Morgan fingerprint density at radius 2 is 2.11 bits per heavy atom. The molecule has 0 amide bonds. The predicted molar refractivity (Wildman–Crippen MR) is 74.8 cm³/mol. The van der Waals surface area contributed by atoms with Crippen LogP contribution in [0.3, 0.4) is 0 Å². The Bertz CT molecular complexity index is 349. The van der Waals surface area contributed by atoms with Gasteiger partial charge in [-0.15, -0.1) is 0 Å². The van der Waals surface area contributed by atoms with Crippen molar-refractivity contribution in [2.75, 3.05) is 25.0 Å². The van der Waals surface area contributed by atoms with Crippen LogP contribution in [0.4, 0.5) is 5.95 Å². The quantitative estimate of drug-likeness (QED) is 0.813. The summed E-state index contributed by atoms with van der Waals surface area (Å²) in [5.74, 6) is 0.743. The van der Waals surface area contributed by atoms with E-state index in [1.54, 1.807) is 0 Å². The van der Waals surface area contributed by atoms with Crippen LogP contribution >= 0.6 is 0 Å². The number of hydrogen-bond acceptors (Lipinski definition) is 4. The molecule has 0 radical (unpaired) electrons. The van der Waals surface area contributed by atoms with Crippen LogP contribution in [-0.2, 0) is 0 Å². The Labute approximate surface area is 110 Å². The zero-order valence-corrected chi connectivity index (χ0v) is 11.5. The maximum absolute atomic E-state index is 4.24. The Balaban J connectivity index is 1.65. The third-order valence-corrected chi connectivity index (χ3v) is 3.63. The van der Waals surface area contributed by atoms with E-state index in [1.165, 1.54) is 32.4 Å². The molecule has 2 rings (SSSR count). The van der Waals surface area contributed by atoms with Gasteiger partial charge in [0.2, 0.25) is 5.95 Å². The number of likely N-dealkylation sites (tertiary alicyclic amines) is 1. The SMILES string of the molecule is Cc1cnc(NCCCN2CCCCC2C)nc1. The lowest BCUT2D eigenvalue weighted by Crippen LogP contribution is -2.38. The van der Waals surface area contributed by atoms with Crippen molar-refractivity contribution in [3.8, 4) is 0 Å². The van der Waals surface area contributed by atoms with Gasteiger partial charge in [-0.25, -0.2) is 9.97 Å². The number of nitrogens with zero attached hydrogens (tertiary/aromatic N) is 3. The fourth-order valence-corrected chi connectivity index (χ4v) is 2.46. The fourth-order valence-electron chi connectivity index (χ4n) is 2.46. The van der Waals surface area contributed by atoms with E-state index in [0.717, 1.165) is 30.5 Å². The van der Waals surface area contributed by atoms with Gasteiger partial charge in [-0.1, -0.05) is 6.42 Å². The van der Waals surface area contributed by atoms with Crippen LogP contribution < -0.4 is 5.32 Å². The second-order valence-electron chi connectivity index (χ2n) is 5.25. The largest absolute Gasteiger partial charge is 0.354 e. The lowest BCUT2D eigenvalue weighted by atomic mass is 10.0. The highest BCUT2D eigenvalue weighted by molar-refractivity contribution is 5.23. The van der Waals surface area contributed by atoms with Crippen molar-refractivity contribution in [3.05, 3.63) is 18.0 Å². The smallest absolute Gasteiger partial charge is 0.222 e. The Morgan fingerprint density at radius 1 is 1.33 bits per heavy atom. The zero-order chi connectivity index (χ0) is 12.8. The van der Waals surface area contributed by atoms with E-state index < -0.39 is 0 Å². The zero-order valence-electron chi connectivity index (χ0n) is 11.5. The van der Waals surface area contributed by atoms with Crippen LogP contribution in [-0.4, -0.2) is 40.5 Å². The van der Waals surface area contributed by atoms with Gasteiger partial charge in [-0.3, -0.25) is 0 Å². The number of hydrogen-bond donors (Lipinski definition) is 1. The average molecular weight is 248 g/mol. The van der Waals surface area contributed by atoms with Gasteiger partial charge >= 0.3 is 0 Å². The van der Waals surface area contributed by atoms with Crippen molar-refractivity contribution in [1.82, 2.24) is 14.9 Å². The molecule has 1 saturated heterocycles. The Hall–Kier alpha value is -1.16. The maximum atomic E-state index is 4.24. The fraction of sp³-hybridized carbons (Fsp3) is 0.714. The van der Waals surface area contributed by atoms with Crippen LogP contribution in [0.25, 0.3) is 0 Å². The summed E-state index contributed by atoms with van der Waals surface area (Å²) >= 11 is 0. The molecule has 0 bridgehead atoms. The third-order valence-electron chi connectivity index (χ3n) is 3.63. The minimum Gasteiger partial charge on any atom is -0.354 e. The first-order valence-corrected chi connectivity index (χ1v) is 7.02. The summed E-state index contributed by atoms with van der Waals surface area (Å²) in [6.45, 7) is 7.74. The van der Waals surface area contributed by atoms with Gasteiger partial charge in [-0.2, -0.15) is 0 Å². The molecule has 4 heteroatoms. The molecule has 2 heterocycles. The molecule has 1 aromatic rings. The molecule has 1 atom stereocenters. The Kier molecular flexibility index (Phi) is 4.93. The van der Waals surface area contributed by atoms with Gasteiger partial charge in [0.05, 0.1) is 0 Å². The predicted octanol–water partition coefficient (Wildman–Crippen LogP) is 2.46. The standard InChI is InChI=1S/C14H24N4/c1-12-10-16-14(17-11-12)15-7-5-9-18-8-4-3-6-13(18)2/h10-11,13H,3-9H2,1-2H3,(H,15,16,17). The van der Waals surface area contributed by atoms with Gasteiger partial charge in [0.15, 0.2) is 0 Å². The molecule has 100 valence electrons. The lowest BCUT2D eigenvalue weighted by molar-refractivity contribution is 0.160. The maximum Gasteiger partial charge on any atom is 0.222 e. The number of aromatic nitrogens is 2. The summed E-state index contributed by atoms with van der Waals surface area (Å²) < 4.78 is 0. The molecule has 0 spiro atoms. The number of aryl methyl sites for hydroxylation is 1. The second kappa shape index (κ2) is 6.69. The van der Waals surface area contributed by atoms with Crippen LogP contribution in [0.5, 0.6) is 0 Å². The highest BCUT2D eigenvalue weighted by Gasteiger charge is 2.16. The number of piperidine rings is 1. The Morgan fingerprint density at radius 3 is 2.83 bits per heavy atom. The summed E-state index contributed by atoms with van der Waals surface area (Å²) in [6, 6.07) is 0.759. The van der Waals surface area contributed by atoms with Crippen molar-refractivity contribution in [2.24, 2.45) is 0 Å². The van der Waals surface area contributed by atoms with Crippen LogP contribution in [0.1, 0.15) is 38.2 Å². The van der Waals surface area contributed by atoms with E-state index in [2.05, 4.69) is 27.1 Å². The van der Waals surface area contributed by atoms with E-state index in [9.17, 15) is 0 Å². The molecular formula is C14H24N4. The van der Waals surface area contributed by atoms with Crippen molar-refractivity contribution in [1.29, 1.82) is 0 Å². The first kappa shape index (κ1) is 13.3. The van der Waals surface area contributed by atoms with E-state index in [4.69, 9.17) is 0 Å². The van der Waals surface area contributed by atoms with Gasteiger partial charge in [0.1, 0.15) is 0 Å². The molecule has 4 nitrogen and oxygen atoms in total. The van der Waals surface area contributed by atoms with Crippen LogP contribution in [0.15, 0.2) is 12.4 Å². The van der Waals surface area contributed by atoms with Crippen LogP contribution in [0.2, 0.25) is 0 Å². The molecule has 0 aliphatic carbocycles. The van der Waals surface area contributed by atoms with E-state index in [1.807, 2.05) is 19.3 Å². The monoisotopic (exact) mass is 248 g/mol. The minimum absolute atomic E-state index is 0.743. The molecule has 1 N–H and O–H groups in total. The highest BCUT2D eigenvalue weighted by atomic mass is 15.2. The third kappa shape index (κ3) is 3.95. The molecule has 1 fully saturated rings. The summed E-state index contributed by atoms with van der Waals surface area (Å²) in [5, 5.41) is 3.28. The molecule has 18 heavy (non-hydrogen) atoms. The first-order chi connectivity index (χ1) is 8.75. The summed E-state index contributed by atoms with van der Waals surface area (Å²) in [6.07, 6.45) is 8.96. The van der Waals surface area contributed by atoms with Crippen molar-refractivity contribution < 1.29 is 0 Å². The minimum atomic E-state index is 0.743. The second-order valence-corrected chi connectivity index (χ2v) is 5.25. The molecule has 0 saturated carbocycles. The lowest BCUT2D eigenvalue weighted by Gasteiger charge is -2.33. The molecule has 1 unspecified atom stereocenters. The molecule has 1 aromatic heterocycles. The van der Waals surface area contributed by atoms with Gasteiger partial charge < -0.3 is 10.2 Å². The normalized spacial score (nSPS) is 20.9. The van der Waals surface area contributed by atoms with Crippen molar-refractivity contribution in [3.63, 3.8) is 0 Å². The van der Waals surface area contributed by atoms with Gasteiger partial charge in [0.25, 0.3) is 0 Å². The first-order valence-electron chi connectivity index (χ1n) is 7.02. The summed E-state index contributed by atoms with van der Waals surface area (Å²) in [5.41, 5.74) is 1.10. The van der Waals surface area contributed by atoms with E-state index in [0.29, 0.717) is 0 Å². The van der Waals surface area contributed by atoms with Crippen molar-refractivity contribution in [2.45, 2.75) is 45.6 Å². The molecule has 1 aliphatic heterocycles. The molecule has 1 aliphatic rings. The van der Waals surface area contributed by atoms with Gasteiger partial charge in [-0.05, 0) is 45.2 Å². The topological polar surface area (TPSA) is 41.1 Å². The number of nitrogens with one attached hydrogen (secondary N) is 1. The van der Waals surface area contributed by atoms with Crippen LogP contribution in [0, 0.1) is 6.92 Å². The molecule has 0 aromatic carbocycles. The number of anilines is 1. The number of rotatable bonds is 5. The van der Waals surface area contributed by atoms with E-state index >= 15 is 0 Å². The van der Waals surface area contributed by atoms with Gasteiger partial charge in [0, 0.05) is 31.5 Å². The highest BCUT2D eigenvalue weighted by Crippen LogP contribution is 2.16. The van der Waals surface area contributed by atoms with E-state index in [-0.39, 0.29) is 0 Å². The van der Waals surface area contributed by atoms with Crippen molar-refractivity contribution >= 4 is 5.95 Å². The average Bonchev–Trinajstić information content (AvgIpc) is 2.39. The summed E-state index contributed by atoms with van der Waals surface area (Å²) in [7, 11) is 0. The molecular weight excluding hydrogens is 224 g/mol.